The van der Waals surface area contributed by atoms with Gasteiger partial charge in [0.2, 0.25) is 0 Å². The highest BCUT2D eigenvalue weighted by molar-refractivity contribution is 7.94. The lowest BCUT2D eigenvalue weighted by Crippen LogP contribution is -1.97. The van der Waals surface area contributed by atoms with E-state index in [1.807, 2.05) is 0 Å². The number of nitro benzene ring substituents is 1. The third-order valence-corrected chi connectivity index (χ3v) is 3.26. The van der Waals surface area contributed by atoms with Crippen molar-refractivity contribution in [3.63, 3.8) is 0 Å². The van der Waals surface area contributed by atoms with Crippen LogP contribution in [0.2, 0.25) is 0 Å². The molecule has 0 saturated carbocycles. The van der Waals surface area contributed by atoms with Crippen LogP contribution in [-0.2, 0) is 9.37 Å². The molecule has 2 N–H and O–H groups in total. The van der Waals surface area contributed by atoms with Gasteiger partial charge in [0.15, 0.2) is 0 Å². The molecular formula is C13H12N4O5S. The van der Waals surface area contributed by atoms with Crippen LogP contribution < -0.4 is 5.32 Å². The molecule has 0 aliphatic heterocycles. The third-order valence-electron chi connectivity index (χ3n) is 2.69. The molecule has 0 aliphatic carbocycles. The Morgan fingerprint density at radius 1 is 1.26 bits per heavy atom. The van der Waals surface area contributed by atoms with Crippen molar-refractivity contribution in [2.24, 2.45) is 10.2 Å². The lowest BCUT2D eigenvalue weighted by molar-refractivity contribution is -0.432. The Labute approximate surface area is 135 Å². The molecule has 0 saturated heterocycles. The molecule has 2 rings (SSSR count). The molecule has 0 amide bonds. The smallest absolute Gasteiger partial charge is 0.293 e. The van der Waals surface area contributed by atoms with E-state index >= 15 is 0 Å². The normalized spacial score (nSPS) is 10.9. The van der Waals surface area contributed by atoms with E-state index in [-0.39, 0.29) is 5.69 Å². The number of nitrogens with one attached hydrogen (secondary N) is 1. The maximum atomic E-state index is 11.2. The number of hydrogen-bond acceptors (Lipinski definition) is 9. The van der Waals surface area contributed by atoms with Crippen LogP contribution in [0.5, 0.6) is 0 Å². The molecule has 0 aromatic heterocycles. The molecule has 0 fully saturated rings. The van der Waals surface area contributed by atoms with Crippen molar-refractivity contribution in [3.05, 3.63) is 52.6 Å². The Balaban J connectivity index is 2.22. The van der Waals surface area contributed by atoms with E-state index in [4.69, 9.17) is 5.26 Å². The summed E-state index contributed by atoms with van der Waals surface area (Å²) in [7, 11) is 1.57. The zero-order chi connectivity index (χ0) is 16.7. The van der Waals surface area contributed by atoms with Gasteiger partial charge in [0.1, 0.15) is 5.69 Å². The van der Waals surface area contributed by atoms with E-state index in [1.165, 1.54) is 12.1 Å². The Morgan fingerprint density at radius 3 is 2.61 bits per heavy atom. The highest BCUT2D eigenvalue weighted by atomic mass is 32.2. The second kappa shape index (κ2) is 8.19. The van der Waals surface area contributed by atoms with Crippen molar-refractivity contribution in [2.75, 3.05) is 12.4 Å². The summed E-state index contributed by atoms with van der Waals surface area (Å²) in [5.41, 5.74) is 1.52. The predicted octanol–water partition coefficient (Wildman–Crippen LogP) is 4.48. The van der Waals surface area contributed by atoms with Gasteiger partial charge in [-0.05, 0) is 36.4 Å². The quantitative estimate of drug-likeness (QED) is 0.251. The van der Waals surface area contributed by atoms with Crippen molar-refractivity contribution in [1.82, 2.24) is 0 Å². The molecule has 0 radical (unpaired) electrons. The van der Waals surface area contributed by atoms with E-state index in [1.54, 1.807) is 37.4 Å². The Hall–Kier alpha value is -2.53. The molecule has 10 heteroatoms. The minimum atomic E-state index is -0.522. The van der Waals surface area contributed by atoms with E-state index in [0.717, 1.165) is 0 Å². The van der Waals surface area contributed by atoms with Crippen LogP contribution in [-0.4, -0.2) is 17.2 Å². The molecule has 0 heterocycles. The molecule has 9 nitrogen and oxygen atoms in total. The van der Waals surface area contributed by atoms with E-state index in [2.05, 4.69) is 24.9 Å². The highest BCUT2D eigenvalue weighted by Gasteiger charge is 2.15. The zero-order valence-electron chi connectivity index (χ0n) is 11.9. The summed E-state index contributed by atoms with van der Waals surface area (Å²) in [6, 6.07) is 11.3. The fourth-order valence-electron chi connectivity index (χ4n) is 1.76. The van der Waals surface area contributed by atoms with E-state index in [0.29, 0.717) is 34.0 Å². The largest absolute Gasteiger partial charge is 0.350 e. The first-order valence-corrected chi connectivity index (χ1v) is 6.98. The van der Waals surface area contributed by atoms with Crippen molar-refractivity contribution >= 4 is 34.8 Å². The number of hydrogen-bond donors (Lipinski definition) is 2. The van der Waals surface area contributed by atoms with Crippen molar-refractivity contribution in [1.29, 1.82) is 0 Å². The Morgan fingerprint density at radius 2 is 2.00 bits per heavy atom. The van der Waals surface area contributed by atoms with E-state index < -0.39 is 4.92 Å². The van der Waals surface area contributed by atoms with Gasteiger partial charge in [0, 0.05) is 23.7 Å². The second-order valence-electron chi connectivity index (χ2n) is 4.13. The number of anilines is 2. The van der Waals surface area contributed by atoms with Gasteiger partial charge in [-0.15, -0.1) is 4.33 Å². The average molecular weight is 336 g/mol. The number of rotatable bonds is 7. The molecular weight excluding hydrogens is 324 g/mol. The average Bonchev–Trinajstić information content (AvgIpc) is 2.55. The van der Waals surface area contributed by atoms with Crippen LogP contribution in [0.25, 0.3) is 0 Å². The standard InChI is InChI=1S/C13H12N4O5S/c1-14-16-10-4-2-9(3-5-10)15-12-7-6-11(23-22-21-20)8-13(12)17(18)19/h2-8,15,20H,1H3. The maximum Gasteiger partial charge on any atom is 0.293 e. The summed E-state index contributed by atoms with van der Waals surface area (Å²) >= 11 is 0.647. The van der Waals surface area contributed by atoms with Crippen molar-refractivity contribution in [3.8, 4) is 0 Å². The summed E-state index contributed by atoms with van der Waals surface area (Å²) in [4.78, 5) is 11.1. The van der Waals surface area contributed by atoms with Gasteiger partial charge >= 0.3 is 0 Å². The van der Waals surface area contributed by atoms with Crippen LogP contribution in [0.1, 0.15) is 0 Å². The number of nitro groups is 1. The van der Waals surface area contributed by atoms with Crippen LogP contribution in [0.4, 0.5) is 22.7 Å². The number of benzene rings is 2. The fraction of sp³-hybridized carbons (Fsp3) is 0.0769. The molecule has 0 aliphatic rings. The van der Waals surface area contributed by atoms with Gasteiger partial charge in [-0.1, -0.05) is 5.04 Å². The van der Waals surface area contributed by atoms with Gasteiger partial charge in [0.25, 0.3) is 5.69 Å². The summed E-state index contributed by atoms with van der Waals surface area (Å²) in [5.74, 6) is 0. The highest BCUT2D eigenvalue weighted by Crippen LogP contribution is 2.33. The Bertz CT molecular complexity index is 708. The zero-order valence-corrected chi connectivity index (χ0v) is 12.7. The third kappa shape index (κ3) is 4.72. The first kappa shape index (κ1) is 16.8. The van der Waals surface area contributed by atoms with E-state index in [9.17, 15) is 10.1 Å². The molecule has 2 aromatic carbocycles. The molecule has 0 bridgehead atoms. The van der Waals surface area contributed by atoms with Gasteiger partial charge in [-0.3, -0.25) is 10.1 Å². The SMILES string of the molecule is CN=Nc1ccc(Nc2ccc(SOOO)cc2[N+](=O)[O-])cc1. The molecule has 0 unspecified atom stereocenters. The van der Waals surface area contributed by atoms with Crippen molar-refractivity contribution in [2.45, 2.75) is 4.90 Å². The first-order chi connectivity index (χ1) is 11.1. The molecule has 0 spiro atoms. The molecule has 23 heavy (non-hydrogen) atoms. The van der Waals surface area contributed by atoms with Gasteiger partial charge in [-0.2, -0.15) is 10.2 Å². The van der Waals surface area contributed by atoms with Gasteiger partial charge in [-0.25, -0.2) is 5.26 Å². The summed E-state index contributed by atoms with van der Waals surface area (Å²) in [6.07, 6.45) is 0. The van der Waals surface area contributed by atoms with Gasteiger partial charge in [0.05, 0.1) is 22.7 Å². The molecule has 120 valence electrons. The Kier molecular flexibility index (Phi) is 6.00. The lowest BCUT2D eigenvalue weighted by atomic mass is 10.2. The van der Waals surface area contributed by atoms with Crippen LogP contribution in [0.3, 0.4) is 0 Å². The van der Waals surface area contributed by atoms with Crippen molar-refractivity contribution < 1.29 is 19.6 Å². The van der Waals surface area contributed by atoms with Crippen LogP contribution >= 0.6 is 12.0 Å². The van der Waals surface area contributed by atoms with Gasteiger partial charge < -0.3 is 5.32 Å². The number of azo groups is 1. The fourth-order valence-corrected chi connectivity index (χ4v) is 2.15. The predicted molar refractivity (Wildman–Crippen MR) is 83.9 cm³/mol. The monoisotopic (exact) mass is 336 g/mol. The van der Waals surface area contributed by atoms with Crippen LogP contribution in [0, 0.1) is 10.1 Å². The summed E-state index contributed by atoms with van der Waals surface area (Å²) < 4.78 is 4.26. The first-order valence-electron chi connectivity index (χ1n) is 6.24. The molecule has 2 aromatic rings. The topological polar surface area (TPSA) is 119 Å². The summed E-state index contributed by atoms with van der Waals surface area (Å²) in [5, 5.41) is 33.3. The second-order valence-corrected chi connectivity index (χ2v) is 4.91. The minimum absolute atomic E-state index is 0.145. The van der Waals surface area contributed by atoms with Crippen LogP contribution in [0.15, 0.2) is 57.6 Å². The minimum Gasteiger partial charge on any atom is -0.350 e. The maximum absolute atomic E-state index is 11.2. The molecule has 0 atom stereocenters. The lowest BCUT2D eigenvalue weighted by Gasteiger charge is -2.08. The number of nitrogens with zero attached hydrogens (tertiary/aromatic N) is 3. The summed E-state index contributed by atoms with van der Waals surface area (Å²) in [6.45, 7) is 0.